The first kappa shape index (κ1) is 12.2. The van der Waals surface area contributed by atoms with Crippen LogP contribution in [0.15, 0.2) is 18.2 Å². The van der Waals surface area contributed by atoms with Crippen LogP contribution >= 0.6 is 0 Å². The molecule has 1 rings (SSSR count). The van der Waals surface area contributed by atoms with Gasteiger partial charge in [0.15, 0.2) is 0 Å². The largest absolute Gasteiger partial charge is 0.492 e. The molecule has 0 amide bonds. The molecule has 0 saturated carbocycles. The molecule has 0 aliphatic heterocycles. The van der Waals surface area contributed by atoms with Crippen LogP contribution in [0.4, 0.5) is 4.39 Å². The van der Waals surface area contributed by atoms with Crippen molar-refractivity contribution < 1.29 is 13.9 Å². The number of rotatable bonds is 5. The van der Waals surface area contributed by atoms with Crippen LogP contribution in [0, 0.1) is 17.1 Å². The number of benzene rings is 1. The predicted molar refractivity (Wildman–Crippen MR) is 56.5 cm³/mol. The summed E-state index contributed by atoms with van der Waals surface area (Å²) in [6, 6.07) is 5.98. The molecule has 0 spiro atoms. The van der Waals surface area contributed by atoms with Crippen molar-refractivity contribution in [2.45, 2.75) is 19.8 Å². The van der Waals surface area contributed by atoms with Crippen molar-refractivity contribution in [1.29, 1.82) is 5.26 Å². The zero-order valence-electron chi connectivity index (χ0n) is 9.00. The quantitative estimate of drug-likeness (QED) is 0.717. The first-order valence-electron chi connectivity index (χ1n) is 4.96. The summed E-state index contributed by atoms with van der Waals surface area (Å²) in [5.41, 5.74) is -0.0923. The van der Waals surface area contributed by atoms with Gasteiger partial charge in [-0.1, -0.05) is 6.07 Å². The molecule has 16 heavy (non-hydrogen) atoms. The molecule has 0 heterocycles. The Labute approximate surface area is 93.5 Å². The Bertz CT molecular complexity index is 424. The highest BCUT2D eigenvalue weighted by molar-refractivity contribution is 5.75. The number of carbonyl (C=O) groups excluding carboxylic acids is 1. The first-order valence-corrected chi connectivity index (χ1v) is 4.96. The lowest BCUT2D eigenvalue weighted by molar-refractivity contribution is -0.117. The van der Waals surface area contributed by atoms with Crippen LogP contribution in [0.2, 0.25) is 0 Å². The summed E-state index contributed by atoms with van der Waals surface area (Å²) in [5, 5.41) is 8.72. The number of hydrogen-bond donors (Lipinski definition) is 0. The van der Waals surface area contributed by atoms with Gasteiger partial charge in [-0.25, -0.2) is 4.39 Å². The van der Waals surface area contributed by atoms with Crippen molar-refractivity contribution in [2.75, 3.05) is 6.61 Å². The fourth-order valence-electron chi connectivity index (χ4n) is 1.24. The van der Waals surface area contributed by atoms with Gasteiger partial charge in [-0.3, -0.25) is 0 Å². The minimum atomic E-state index is -0.591. The summed E-state index contributed by atoms with van der Waals surface area (Å²) in [4.78, 5) is 10.7. The van der Waals surface area contributed by atoms with E-state index in [0.717, 1.165) is 0 Å². The van der Waals surface area contributed by atoms with E-state index in [1.807, 2.05) is 0 Å². The summed E-state index contributed by atoms with van der Waals surface area (Å²) in [6.45, 7) is 1.81. The lowest BCUT2D eigenvalue weighted by Gasteiger charge is -2.07. The fourth-order valence-corrected chi connectivity index (χ4v) is 1.24. The molecule has 3 nitrogen and oxygen atoms in total. The number of nitrogens with zero attached hydrogens (tertiary/aromatic N) is 1. The van der Waals surface area contributed by atoms with Crippen molar-refractivity contribution in [2.24, 2.45) is 0 Å². The van der Waals surface area contributed by atoms with Crippen LogP contribution in [0.1, 0.15) is 25.3 Å². The maximum absolute atomic E-state index is 13.1. The third kappa shape index (κ3) is 3.35. The van der Waals surface area contributed by atoms with E-state index < -0.39 is 5.82 Å². The highest BCUT2D eigenvalue weighted by Crippen LogP contribution is 2.20. The van der Waals surface area contributed by atoms with Crippen LogP contribution in [-0.2, 0) is 4.79 Å². The van der Waals surface area contributed by atoms with Gasteiger partial charge in [-0.2, -0.15) is 5.26 Å². The molecule has 0 N–H and O–H groups in total. The Balaban J connectivity index is 2.58. The number of carbonyl (C=O) groups is 1. The second-order valence-corrected chi connectivity index (χ2v) is 3.38. The molecule has 0 unspecified atom stereocenters. The van der Waals surface area contributed by atoms with Crippen molar-refractivity contribution in [1.82, 2.24) is 0 Å². The smallest absolute Gasteiger partial charge is 0.144 e. The number of ketones is 1. The minimum absolute atomic E-state index is 0.0864. The van der Waals surface area contributed by atoms with Gasteiger partial charge in [0.2, 0.25) is 0 Å². The van der Waals surface area contributed by atoms with E-state index in [4.69, 9.17) is 10.00 Å². The fraction of sp³-hybridized carbons (Fsp3) is 0.333. The highest BCUT2D eigenvalue weighted by Gasteiger charge is 2.08. The molecule has 0 aromatic heterocycles. The van der Waals surface area contributed by atoms with E-state index in [9.17, 15) is 9.18 Å². The van der Waals surface area contributed by atoms with E-state index in [-0.39, 0.29) is 17.1 Å². The molecule has 1 aromatic rings. The molecule has 0 bridgehead atoms. The second-order valence-electron chi connectivity index (χ2n) is 3.38. The molecule has 0 fully saturated rings. The Morgan fingerprint density at radius 3 is 2.94 bits per heavy atom. The lowest BCUT2D eigenvalue weighted by atomic mass is 10.2. The van der Waals surface area contributed by atoms with Gasteiger partial charge in [0.1, 0.15) is 29.0 Å². The molecule has 1 aromatic carbocycles. The normalized spacial score (nSPS) is 9.56. The maximum Gasteiger partial charge on any atom is 0.144 e. The SMILES string of the molecule is CC(=O)CCCOc1cccc(F)c1C#N. The van der Waals surface area contributed by atoms with E-state index in [2.05, 4.69) is 0 Å². The molecule has 0 aliphatic carbocycles. The van der Waals surface area contributed by atoms with Gasteiger partial charge in [0.05, 0.1) is 6.61 Å². The second kappa shape index (κ2) is 5.86. The monoisotopic (exact) mass is 221 g/mol. The molecule has 0 saturated heterocycles. The van der Waals surface area contributed by atoms with E-state index >= 15 is 0 Å². The zero-order chi connectivity index (χ0) is 12.0. The summed E-state index contributed by atoms with van der Waals surface area (Å²) >= 11 is 0. The van der Waals surface area contributed by atoms with Gasteiger partial charge in [-0.05, 0) is 25.5 Å². The van der Waals surface area contributed by atoms with Crippen molar-refractivity contribution in [3.8, 4) is 11.8 Å². The topological polar surface area (TPSA) is 50.1 Å². The molecule has 0 atom stereocenters. The Morgan fingerprint density at radius 1 is 1.56 bits per heavy atom. The standard InChI is InChI=1S/C12H12FNO2/c1-9(15)4-3-7-16-12-6-2-5-11(13)10(12)8-14/h2,5-6H,3-4,7H2,1H3. The molecular weight excluding hydrogens is 209 g/mol. The lowest BCUT2D eigenvalue weighted by Crippen LogP contribution is -2.02. The maximum atomic E-state index is 13.1. The third-order valence-electron chi connectivity index (χ3n) is 2.02. The van der Waals surface area contributed by atoms with E-state index in [1.165, 1.54) is 25.1 Å². The predicted octanol–water partition coefficient (Wildman–Crippen LogP) is 2.45. The van der Waals surface area contributed by atoms with Crippen LogP contribution in [0.5, 0.6) is 5.75 Å². The van der Waals surface area contributed by atoms with Crippen molar-refractivity contribution in [3.05, 3.63) is 29.6 Å². The number of Topliss-reactive ketones (excluding diaryl/α,β-unsaturated/α-hetero) is 1. The molecule has 0 radical (unpaired) electrons. The number of ether oxygens (including phenoxy) is 1. The number of nitriles is 1. The van der Waals surface area contributed by atoms with Gasteiger partial charge in [0, 0.05) is 6.42 Å². The summed E-state index contributed by atoms with van der Waals surface area (Å²) in [5.74, 6) is -0.277. The third-order valence-corrected chi connectivity index (χ3v) is 2.02. The Hall–Kier alpha value is -1.89. The number of halogens is 1. The van der Waals surface area contributed by atoms with Gasteiger partial charge in [0.25, 0.3) is 0 Å². The Morgan fingerprint density at radius 2 is 2.31 bits per heavy atom. The summed E-state index contributed by atoms with van der Waals surface area (Å²) in [6.07, 6.45) is 0.994. The molecule has 0 aliphatic rings. The minimum Gasteiger partial charge on any atom is -0.492 e. The van der Waals surface area contributed by atoms with E-state index in [1.54, 1.807) is 6.07 Å². The van der Waals surface area contributed by atoms with Crippen LogP contribution in [0.3, 0.4) is 0 Å². The average Bonchev–Trinajstić information content (AvgIpc) is 2.24. The van der Waals surface area contributed by atoms with Crippen LogP contribution in [0.25, 0.3) is 0 Å². The van der Waals surface area contributed by atoms with Gasteiger partial charge in [-0.15, -0.1) is 0 Å². The van der Waals surface area contributed by atoms with Crippen molar-refractivity contribution >= 4 is 5.78 Å². The summed E-state index contributed by atoms with van der Waals surface area (Å²) in [7, 11) is 0. The summed E-state index contributed by atoms with van der Waals surface area (Å²) < 4.78 is 18.4. The average molecular weight is 221 g/mol. The van der Waals surface area contributed by atoms with Crippen molar-refractivity contribution in [3.63, 3.8) is 0 Å². The van der Waals surface area contributed by atoms with Gasteiger partial charge >= 0.3 is 0 Å². The molecule has 4 heteroatoms. The van der Waals surface area contributed by atoms with Crippen LogP contribution < -0.4 is 4.74 Å². The molecule has 84 valence electrons. The molecular formula is C12H12FNO2. The Kier molecular flexibility index (Phi) is 4.46. The highest BCUT2D eigenvalue weighted by atomic mass is 19.1. The zero-order valence-corrected chi connectivity index (χ0v) is 9.00. The van der Waals surface area contributed by atoms with Gasteiger partial charge < -0.3 is 9.53 Å². The first-order chi connectivity index (χ1) is 7.65. The number of hydrogen-bond acceptors (Lipinski definition) is 3. The van der Waals surface area contributed by atoms with Crippen LogP contribution in [-0.4, -0.2) is 12.4 Å². The van der Waals surface area contributed by atoms with E-state index in [0.29, 0.717) is 19.4 Å².